The molecule has 1 aromatic rings. The third kappa shape index (κ3) is 4.43. The van der Waals surface area contributed by atoms with Gasteiger partial charge in [-0.05, 0) is 13.8 Å². The predicted molar refractivity (Wildman–Crippen MR) is 57.6 cm³/mol. The van der Waals surface area contributed by atoms with Crippen LogP contribution in [0.5, 0.6) is 0 Å². The molecule has 0 aliphatic carbocycles. The molecule has 0 saturated carbocycles. The molecular weight excluding hydrogens is 248 g/mol. The molecule has 0 aliphatic rings. The summed E-state index contributed by atoms with van der Waals surface area (Å²) in [5.74, 6) is -1.23. The highest BCUT2D eigenvalue weighted by Crippen LogP contribution is 2.16. The van der Waals surface area contributed by atoms with Crippen LogP contribution >= 0.6 is 11.8 Å². The van der Waals surface area contributed by atoms with E-state index in [1.54, 1.807) is 13.8 Å². The molecule has 1 rings (SSSR count). The number of hydrogen-bond donors (Lipinski definition) is 0. The fourth-order valence-electron chi connectivity index (χ4n) is 0.867. The molecule has 0 aliphatic heterocycles. The smallest absolute Gasteiger partial charge is 0.396 e. The zero-order valence-corrected chi connectivity index (χ0v) is 10.3. The summed E-state index contributed by atoms with van der Waals surface area (Å²) < 4.78 is 14.4. The van der Waals surface area contributed by atoms with E-state index in [0.29, 0.717) is 6.61 Å². The Kier molecular flexibility index (Phi) is 5.47. The van der Waals surface area contributed by atoms with Gasteiger partial charge in [0, 0.05) is 0 Å². The Morgan fingerprint density at radius 3 is 2.59 bits per heavy atom. The molecule has 94 valence electrons. The second kappa shape index (κ2) is 6.89. The van der Waals surface area contributed by atoms with Crippen LogP contribution in [0.2, 0.25) is 0 Å². The van der Waals surface area contributed by atoms with Gasteiger partial charge in [-0.2, -0.15) is 0 Å². The number of hydrogen-bond acceptors (Lipinski definition) is 8. The average Bonchev–Trinajstić information content (AvgIpc) is 2.76. The number of aromatic nitrogens is 2. The van der Waals surface area contributed by atoms with Crippen molar-refractivity contribution in [3.8, 4) is 0 Å². The van der Waals surface area contributed by atoms with Crippen molar-refractivity contribution in [3.05, 3.63) is 5.89 Å². The minimum atomic E-state index is -0.678. The summed E-state index contributed by atoms with van der Waals surface area (Å²) >= 11 is 1.00. The molecule has 0 radical (unpaired) electrons. The molecule has 0 saturated heterocycles. The van der Waals surface area contributed by atoms with Crippen molar-refractivity contribution in [2.75, 3.05) is 19.0 Å². The number of ether oxygens (including phenoxy) is 2. The lowest BCUT2D eigenvalue weighted by molar-refractivity contribution is -0.139. The quantitative estimate of drug-likeness (QED) is 0.550. The fraction of sp³-hybridized carbons (Fsp3) is 0.556. The van der Waals surface area contributed by atoms with Crippen molar-refractivity contribution in [1.29, 1.82) is 0 Å². The van der Waals surface area contributed by atoms with Gasteiger partial charge in [-0.3, -0.25) is 4.79 Å². The van der Waals surface area contributed by atoms with Gasteiger partial charge in [0.2, 0.25) is 0 Å². The molecule has 0 aromatic carbocycles. The molecule has 7 nitrogen and oxygen atoms in total. The lowest BCUT2D eigenvalue weighted by Crippen LogP contribution is -2.06. The summed E-state index contributed by atoms with van der Waals surface area (Å²) in [5, 5.41) is 7.21. The van der Waals surface area contributed by atoms with E-state index in [9.17, 15) is 9.59 Å². The number of carbonyl (C=O) groups excluding carboxylic acids is 2. The normalized spacial score (nSPS) is 10.0. The number of rotatable bonds is 6. The second-order valence-electron chi connectivity index (χ2n) is 2.69. The van der Waals surface area contributed by atoms with Crippen LogP contribution in [0, 0.1) is 0 Å². The maximum absolute atomic E-state index is 11.2. The summed E-state index contributed by atoms with van der Waals surface area (Å²) in [7, 11) is 0. The van der Waals surface area contributed by atoms with Crippen molar-refractivity contribution in [1.82, 2.24) is 10.2 Å². The molecule has 0 unspecified atom stereocenters. The van der Waals surface area contributed by atoms with Gasteiger partial charge in [-0.25, -0.2) is 4.79 Å². The van der Waals surface area contributed by atoms with Gasteiger partial charge in [0.05, 0.1) is 13.2 Å². The number of nitrogens with zero attached hydrogens (tertiary/aromatic N) is 2. The number of carbonyl (C=O) groups is 2. The van der Waals surface area contributed by atoms with Crippen molar-refractivity contribution in [2.45, 2.75) is 19.1 Å². The van der Waals surface area contributed by atoms with Gasteiger partial charge < -0.3 is 13.9 Å². The van der Waals surface area contributed by atoms with Gasteiger partial charge in [0.15, 0.2) is 0 Å². The Labute approximate surface area is 102 Å². The topological polar surface area (TPSA) is 91.5 Å². The maximum atomic E-state index is 11.2. The standard InChI is InChI=1S/C9H12N2O5S/c1-3-14-6(12)5-17-9-11-10-7(16-9)8(13)15-4-2/h3-5H2,1-2H3. The third-order valence-electron chi connectivity index (χ3n) is 1.48. The first-order valence-corrected chi connectivity index (χ1v) is 5.95. The van der Waals surface area contributed by atoms with E-state index in [2.05, 4.69) is 14.9 Å². The molecule has 17 heavy (non-hydrogen) atoms. The zero-order chi connectivity index (χ0) is 12.7. The van der Waals surface area contributed by atoms with E-state index in [-0.39, 0.29) is 29.4 Å². The van der Waals surface area contributed by atoms with E-state index >= 15 is 0 Å². The second-order valence-corrected chi connectivity index (χ2v) is 3.61. The van der Waals surface area contributed by atoms with Crippen molar-refractivity contribution in [2.24, 2.45) is 0 Å². The maximum Gasteiger partial charge on any atom is 0.396 e. The monoisotopic (exact) mass is 260 g/mol. The molecule has 1 aromatic heterocycles. The van der Waals surface area contributed by atoms with E-state index in [1.165, 1.54) is 0 Å². The van der Waals surface area contributed by atoms with E-state index < -0.39 is 5.97 Å². The molecule has 1 heterocycles. The van der Waals surface area contributed by atoms with Gasteiger partial charge in [-0.1, -0.05) is 16.9 Å². The Morgan fingerprint density at radius 2 is 1.94 bits per heavy atom. The first-order valence-electron chi connectivity index (χ1n) is 4.96. The van der Waals surface area contributed by atoms with Crippen LogP contribution in [0.15, 0.2) is 9.64 Å². The summed E-state index contributed by atoms with van der Waals surface area (Å²) in [6, 6.07) is 0. The third-order valence-corrected chi connectivity index (χ3v) is 2.27. The number of esters is 2. The van der Waals surface area contributed by atoms with Crippen LogP contribution in [0.1, 0.15) is 24.5 Å². The van der Waals surface area contributed by atoms with Gasteiger partial charge >= 0.3 is 17.8 Å². The molecule has 0 N–H and O–H groups in total. The largest absolute Gasteiger partial charge is 0.465 e. The highest BCUT2D eigenvalue weighted by atomic mass is 32.2. The molecule has 0 atom stereocenters. The van der Waals surface area contributed by atoms with E-state index in [4.69, 9.17) is 9.15 Å². The molecule has 0 bridgehead atoms. The van der Waals surface area contributed by atoms with Crippen LogP contribution in [-0.4, -0.2) is 41.1 Å². The lowest BCUT2D eigenvalue weighted by Gasteiger charge is -1.97. The van der Waals surface area contributed by atoms with Gasteiger partial charge in [0.1, 0.15) is 5.75 Å². The Morgan fingerprint density at radius 1 is 1.24 bits per heavy atom. The van der Waals surface area contributed by atoms with E-state index in [0.717, 1.165) is 11.8 Å². The molecule has 0 fully saturated rings. The molecule has 0 spiro atoms. The van der Waals surface area contributed by atoms with Crippen LogP contribution in [0.3, 0.4) is 0 Å². The lowest BCUT2D eigenvalue weighted by atomic mass is 10.7. The van der Waals surface area contributed by atoms with Crippen molar-refractivity contribution in [3.63, 3.8) is 0 Å². The van der Waals surface area contributed by atoms with Crippen molar-refractivity contribution < 1.29 is 23.5 Å². The summed E-state index contributed by atoms with van der Waals surface area (Å²) in [6.07, 6.45) is 0. The van der Waals surface area contributed by atoms with Crippen LogP contribution < -0.4 is 0 Å². The summed E-state index contributed by atoms with van der Waals surface area (Å²) in [4.78, 5) is 22.2. The Balaban J connectivity index is 2.45. The van der Waals surface area contributed by atoms with Crippen molar-refractivity contribution >= 4 is 23.7 Å². The highest BCUT2D eigenvalue weighted by molar-refractivity contribution is 7.99. The van der Waals surface area contributed by atoms with E-state index in [1.807, 2.05) is 0 Å². The fourth-order valence-corrected chi connectivity index (χ4v) is 1.43. The minimum Gasteiger partial charge on any atom is -0.465 e. The summed E-state index contributed by atoms with van der Waals surface area (Å²) in [6.45, 7) is 3.93. The Bertz CT molecular complexity index is 392. The Hall–Kier alpha value is -1.57. The van der Waals surface area contributed by atoms with Gasteiger partial charge in [0.25, 0.3) is 5.22 Å². The van der Waals surface area contributed by atoms with Crippen LogP contribution in [0.25, 0.3) is 0 Å². The van der Waals surface area contributed by atoms with Gasteiger partial charge in [-0.15, -0.1) is 5.10 Å². The zero-order valence-electron chi connectivity index (χ0n) is 9.47. The molecule has 0 amide bonds. The molecule has 8 heteroatoms. The minimum absolute atomic E-state index is 0.0539. The SMILES string of the molecule is CCOC(=O)CSc1nnc(C(=O)OCC)o1. The van der Waals surface area contributed by atoms with Crippen LogP contribution in [-0.2, 0) is 14.3 Å². The first kappa shape index (κ1) is 13.5. The molecular formula is C9H12N2O5S. The predicted octanol–water partition coefficient (Wildman–Crippen LogP) is 0.901. The number of thioether (sulfide) groups is 1. The summed E-state index contributed by atoms with van der Waals surface area (Å²) in [5.41, 5.74) is 0. The first-order chi connectivity index (χ1) is 8.17. The average molecular weight is 260 g/mol. The van der Waals surface area contributed by atoms with Crippen LogP contribution in [0.4, 0.5) is 0 Å². The highest BCUT2D eigenvalue weighted by Gasteiger charge is 2.16.